The Kier molecular flexibility index (Phi) is 1.81. The van der Waals surface area contributed by atoms with Gasteiger partial charge in [-0.1, -0.05) is 0 Å². The third-order valence-corrected chi connectivity index (χ3v) is 1.51. The van der Waals surface area contributed by atoms with Crippen LogP contribution in [0.3, 0.4) is 0 Å². The molecule has 0 unspecified atom stereocenters. The van der Waals surface area contributed by atoms with Gasteiger partial charge in [0.05, 0.1) is 17.4 Å². The van der Waals surface area contributed by atoms with E-state index >= 15 is 0 Å². The Morgan fingerprint density at radius 2 is 2.60 bits per heavy atom. The molecule has 0 amide bonds. The number of ether oxygens (including phenoxy) is 1. The molecular weight excluding hydrogens is 156 g/mol. The maximum atomic E-state index is 10.1. The van der Waals surface area contributed by atoms with Crippen molar-refractivity contribution in [1.82, 2.24) is 4.37 Å². The third-order valence-electron chi connectivity index (χ3n) is 0.909. The van der Waals surface area contributed by atoms with Crippen molar-refractivity contribution in [2.45, 2.75) is 0 Å². The normalized spacial score (nSPS) is 9.30. The van der Waals surface area contributed by atoms with Crippen molar-refractivity contribution < 1.29 is 9.66 Å². The fourth-order valence-electron chi connectivity index (χ4n) is 0.484. The zero-order valence-corrected chi connectivity index (χ0v) is 5.92. The number of hydrogen-bond acceptors (Lipinski definition) is 5. The van der Waals surface area contributed by atoms with Crippen molar-refractivity contribution in [1.29, 1.82) is 0 Å². The second-order valence-corrected chi connectivity index (χ2v) is 2.10. The number of aromatic nitrogens is 1. The zero-order chi connectivity index (χ0) is 7.56. The lowest BCUT2D eigenvalue weighted by Crippen LogP contribution is -1.90. The number of nitro groups is 1. The largest absolute Gasteiger partial charge is 0.476 e. The molecule has 1 aromatic rings. The van der Waals surface area contributed by atoms with Crippen LogP contribution >= 0.6 is 11.5 Å². The number of nitrogens with zero attached hydrogens (tertiary/aromatic N) is 2. The first kappa shape index (κ1) is 6.94. The molecule has 10 heavy (non-hydrogen) atoms. The first-order valence-corrected chi connectivity index (χ1v) is 3.22. The lowest BCUT2D eigenvalue weighted by atomic mass is 10.6. The second-order valence-electron chi connectivity index (χ2n) is 1.47. The lowest BCUT2D eigenvalue weighted by molar-refractivity contribution is -0.385. The zero-order valence-electron chi connectivity index (χ0n) is 5.10. The van der Waals surface area contributed by atoms with Gasteiger partial charge >= 0.3 is 11.6 Å². The Labute approximate surface area is 60.6 Å². The highest BCUT2D eigenvalue weighted by Gasteiger charge is 2.16. The van der Waals surface area contributed by atoms with Gasteiger partial charge in [0.25, 0.3) is 0 Å². The second kappa shape index (κ2) is 2.61. The van der Waals surface area contributed by atoms with Crippen LogP contribution in [0.5, 0.6) is 5.88 Å². The molecule has 5 nitrogen and oxygen atoms in total. The van der Waals surface area contributed by atoms with E-state index in [1.807, 2.05) is 0 Å². The minimum atomic E-state index is -0.525. The summed E-state index contributed by atoms with van der Waals surface area (Å²) in [5, 5.41) is 11.5. The maximum Gasteiger partial charge on any atom is 0.343 e. The van der Waals surface area contributed by atoms with Gasteiger partial charge in [-0.25, -0.2) is 0 Å². The molecule has 54 valence electrons. The predicted molar refractivity (Wildman–Crippen MR) is 35.3 cm³/mol. The summed E-state index contributed by atoms with van der Waals surface area (Å²) in [4.78, 5) is 9.61. The molecule has 1 heterocycles. The topological polar surface area (TPSA) is 65.3 Å². The minimum Gasteiger partial charge on any atom is -0.476 e. The molecule has 1 rings (SSSR count). The first-order chi connectivity index (χ1) is 4.75. The summed E-state index contributed by atoms with van der Waals surface area (Å²) in [5.41, 5.74) is -0.0764. The highest BCUT2D eigenvalue weighted by molar-refractivity contribution is 7.04. The Morgan fingerprint density at radius 3 is 3.00 bits per heavy atom. The van der Waals surface area contributed by atoms with Gasteiger partial charge in [-0.2, -0.15) is 0 Å². The van der Waals surface area contributed by atoms with Gasteiger partial charge in [0.15, 0.2) is 0 Å². The van der Waals surface area contributed by atoms with Crippen molar-refractivity contribution >= 4 is 17.2 Å². The molecule has 0 atom stereocenters. The van der Waals surface area contributed by atoms with E-state index in [-0.39, 0.29) is 11.6 Å². The van der Waals surface area contributed by atoms with Crippen LogP contribution in [-0.4, -0.2) is 16.4 Å². The fraction of sp³-hybridized carbons (Fsp3) is 0.250. The first-order valence-electron chi connectivity index (χ1n) is 2.38. The monoisotopic (exact) mass is 160 g/mol. The van der Waals surface area contributed by atoms with Crippen molar-refractivity contribution in [3.8, 4) is 5.88 Å². The Bertz CT molecular complexity index is 246. The predicted octanol–water partition coefficient (Wildman–Crippen LogP) is 1.06. The summed E-state index contributed by atoms with van der Waals surface area (Å²) in [6, 6.07) is 0. The molecular formula is C4H4N2O3S. The van der Waals surface area contributed by atoms with Gasteiger partial charge in [0.1, 0.15) is 0 Å². The number of hydrogen-bond donors (Lipinski definition) is 0. The van der Waals surface area contributed by atoms with Crippen LogP contribution in [0.4, 0.5) is 5.69 Å². The van der Waals surface area contributed by atoms with E-state index in [1.165, 1.54) is 12.5 Å². The van der Waals surface area contributed by atoms with Gasteiger partial charge in [-0.3, -0.25) is 10.1 Å². The van der Waals surface area contributed by atoms with Gasteiger partial charge in [0, 0.05) is 0 Å². The van der Waals surface area contributed by atoms with Crippen LogP contribution in [0.25, 0.3) is 0 Å². The molecule has 0 aliphatic carbocycles. The molecule has 0 spiro atoms. The van der Waals surface area contributed by atoms with Crippen LogP contribution in [0.1, 0.15) is 0 Å². The molecule has 0 aliphatic heterocycles. The van der Waals surface area contributed by atoms with Crippen molar-refractivity contribution in [3.63, 3.8) is 0 Å². The molecule has 0 aromatic carbocycles. The summed E-state index contributed by atoms with van der Waals surface area (Å²) in [6.45, 7) is 0. The maximum absolute atomic E-state index is 10.1. The molecule has 6 heteroatoms. The highest BCUT2D eigenvalue weighted by Crippen LogP contribution is 2.25. The van der Waals surface area contributed by atoms with Crippen molar-refractivity contribution in [2.75, 3.05) is 7.11 Å². The van der Waals surface area contributed by atoms with Crippen molar-refractivity contribution in [2.24, 2.45) is 0 Å². The summed E-state index contributed by atoms with van der Waals surface area (Å²) >= 11 is 1.00. The lowest BCUT2D eigenvalue weighted by Gasteiger charge is -1.89. The molecule has 0 saturated carbocycles. The summed E-state index contributed by atoms with van der Waals surface area (Å²) in [5.74, 6) is 0.0787. The van der Waals surface area contributed by atoms with Crippen LogP contribution in [0, 0.1) is 10.1 Å². The molecule has 0 radical (unpaired) electrons. The van der Waals surface area contributed by atoms with Gasteiger partial charge < -0.3 is 4.74 Å². The van der Waals surface area contributed by atoms with Gasteiger partial charge in [-0.15, -0.1) is 4.37 Å². The van der Waals surface area contributed by atoms with E-state index in [2.05, 4.69) is 9.11 Å². The van der Waals surface area contributed by atoms with E-state index in [0.717, 1.165) is 11.5 Å². The summed E-state index contributed by atoms with van der Waals surface area (Å²) in [7, 11) is 1.35. The molecule has 0 saturated heterocycles. The highest BCUT2D eigenvalue weighted by atomic mass is 32.1. The van der Waals surface area contributed by atoms with E-state index in [1.54, 1.807) is 0 Å². The summed E-state index contributed by atoms with van der Waals surface area (Å²) < 4.78 is 8.24. The standard InChI is InChI=1S/C4H4N2O3S/c1-9-4-3(6(7)8)2-10-5-4/h2H,1H3. The SMILES string of the molecule is COc1nscc1[N+](=O)[O-]. The van der Waals surface area contributed by atoms with Crippen LogP contribution in [0.15, 0.2) is 5.38 Å². The Balaban J connectivity index is 3.01. The smallest absolute Gasteiger partial charge is 0.343 e. The van der Waals surface area contributed by atoms with Gasteiger partial charge in [-0.05, 0) is 11.5 Å². The van der Waals surface area contributed by atoms with E-state index in [0.29, 0.717) is 0 Å². The fourth-order valence-corrected chi connectivity index (χ4v) is 1.09. The molecule has 0 aliphatic rings. The minimum absolute atomic E-state index is 0.0764. The Morgan fingerprint density at radius 1 is 1.90 bits per heavy atom. The molecule has 0 fully saturated rings. The molecule has 0 N–H and O–H groups in total. The third kappa shape index (κ3) is 1.06. The average molecular weight is 160 g/mol. The average Bonchev–Trinajstić information content (AvgIpc) is 2.33. The van der Waals surface area contributed by atoms with Crippen LogP contribution in [-0.2, 0) is 0 Å². The van der Waals surface area contributed by atoms with Crippen LogP contribution < -0.4 is 4.74 Å². The van der Waals surface area contributed by atoms with Crippen molar-refractivity contribution in [3.05, 3.63) is 15.5 Å². The number of methoxy groups -OCH3 is 1. The summed E-state index contributed by atoms with van der Waals surface area (Å²) in [6.07, 6.45) is 0. The van der Waals surface area contributed by atoms with Crippen LogP contribution in [0.2, 0.25) is 0 Å². The van der Waals surface area contributed by atoms with E-state index < -0.39 is 4.92 Å². The molecule has 1 aromatic heterocycles. The number of rotatable bonds is 2. The quantitative estimate of drug-likeness (QED) is 0.479. The van der Waals surface area contributed by atoms with Gasteiger partial charge in [0.2, 0.25) is 0 Å². The van der Waals surface area contributed by atoms with E-state index in [4.69, 9.17) is 0 Å². The molecule has 0 bridgehead atoms. The Hall–Kier alpha value is -1.17. The van der Waals surface area contributed by atoms with E-state index in [9.17, 15) is 10.1 Å².